The number of hydrogen-bond donors (Lipinski definition) is 5. The van der Waals surface area contributed by atoms with E-state index in [0.717, 1.165) is 5.33 Å². The van der Waals surface area contributed by atoms with Crippen LogP contribution in [0.25, 0.3) is 0 Å². The van der Waals surface area contributed by atoms with E-state index in [0.29, 0.717) is 0 Å². The number of carboxylic acid groups (broad SMARTS) is 2. The summed E-state index contributed by atoms with van der Waals surface area (Å²) < 4.78 is 0. The van der Waals surface area contributed by atoms with Crippen molar-refractivity contribution < 1.29 is 34.9 Å². The predicted molar refractivity (Wildman–Crippen MR) is 52.0 cm³/mol. The molecule has 0 radical (unpaired) electrons. The van der Waals surface area contributed by atoms with Crippen molar-refractivity contribution in [3.05, 3.63) is 0 Å². The molecule has 78 valence electrons. The maximum atomic E-state index is 9.10. The van der Waals surface area contributed by atoms with Crippen molar-refractivity contribution in [2.24, 2.45) is 0 Å². The minimum atomic E-state index is -2.17. The van der Waals surface area contributed by atoms with Gasteiger partial charge in [-0.3, -0.25) is 0 Å². The molecule has 0 fully saturated rings. The Hall–Kier alpha value is -0.0377. The van der Waals surface area contributed by atoms with Crippen molar-refractivity contribution in [1.29, 1.82) is 0 Å². The zero-order chi connectivity index (χ0) is 12.1. The van der Waals surface area contributed by atoms with Crippen molar-refractivity contribution in [2.75, 3.05) is 5.33 Å². The molecule has 0 unspecified atom stereocenters. The van der Waals surface area contributed by atoms with Crippen molar-refractivity contribution in [1.82, 2.24) is 0 Å². The normalized spacial score (nSPS) is 7.29. The van der Waals surface area contributed by atoms with E-state index >= 15 is 0 Å². The summed E-state index contributed by atoms with van der Waals surface area (Å²) in [6.45, 7) is 0. The molecule has 0 heterocycles. The van der Waals surface area contributed by atoms with Gasteiger partial charge in [0.05, 0.1) is 0 Å². The molecule has 7 nitrogen and oxygen atoms in total. The van der Waals surface area contributed by atoms with Gasteiger partial charge in [-0.15, -0.1) is 0 Å². The van der Waals surface area contributed by atoms with Crippen LogP contribution < -0.4 is 0 Å². The van der Waals surface area contributed by atoms with Gasteiger partial charge < -0.3 is 25.3 Å². The molecule has 0 aliphatic heterocycles. The summed E-state index contributed by atoms with van der Waals surface area (Å²) in [6, 6.07) is 0. The van der Waals surface area contributed by atoms with Crippen LogP contribution in [0.4, 0.5) is 0 Å². The fourth-order valence-electron chi connectivity index (χ4n) is 0. The molecule has 0 atom stereocenters. The minimum absolute atomic E-state index is 1.13. The van der Waals surface area contributed by atoms with E-state index in [1.165, 1.54) is 5.09 Å². The fourth-order valence-corrected chi connectivity index (χ4v) is 0. The van der Waals surface area contributed by atoms with E-state index in [9.17, 15) is 0 Å². The average molecular weight is 267 g/mol. The summed E-state index contributed by atoms with van der Waals surface area (Å²) in [5.41, 5.74) is 0. The van der Waals surface area contributed by atoms with Crippen LogP contribution >= 0.6 is 15.9 Å². The number of hydrogen-bond acceptors (Lipinski definition) is 5. The van der Waals surface area contributed by atoms with Crippen molar-refractivity contribution in [2.45, 2.75) is 5.09 Å². The Kier molecular flexibility index (Phi) is 21.5. The van der Waals surface area contributed by atoms with Crippen LogP contribution in [-0.4, -0.2) is 67.6 Å². The molecule has 0 aliphatic carbocycles. The third kappa shape index (κ3) is 58.4. The Bertz CT molecular complexity index is 138. The average Bonchev–Trinajstić information content (AvgIpc) is 2.03. The first kappa shape index (κ1) is 19.5. The molecule has 0 spiro atoms. The zero-order valence-corrected chi connectivity index (χ0v) is 9.01. The quantitative estimate of drug-likeness (QED) is 0.212. The van der Waals surface area contributed by atoms with E-state index in [-0.39, 0.29) is 0 Å². The molecule has 0 saturated carbocycles. The molecule has 0 aromatic heterocycles. The number of halogens is 1. The molecule has 0 aromatic carbocycles. The molecule has 0 aromatic rings. The molecule has 0 bridgehead atoms. The van der Waals surface area contributed by atoms with Gasteiger partial charge in [0.2, 0.25) is 0 Å². The first-order valence-corrected chi connectivity index (χ1v) is 4.48. The summed E-state index contributed by atoms with van der Waals surface area (Å²) in [5, 5.41) is 38.7. The molecule has 5 N–H and O–H groups in total. The SMILES string of the molecule is O=C(O)C(=O)O.OB(O)O.[Li][CH2]CBr. The topological polar surface area (TPSA) is 135 Å². The number of alkyl halides is 1. The Balaban J connectivity index is -0.000000135. The van der Waals surface area contributed by atoms with Crippen LogP contribution in [0.15, 0.2) is 0 Å². The third-order valence-corrected chi connectivity index (χ3v) is 1.16. The molecule has 0 saturated heterocycles. The van der Waals surface area contributed by atoms with Crippen LogP contribution in [0, 0.1) is 0 Å². The van der Waals surface area contributed by atoms with E-state index in [2.05, 4.69) is 33.6 Å². The van der Waals surface area contributed by atoms with Gasteiger partial charge in [-0.2, -0.15) is 0 Å². The molecule has 0 amide bonds. The molecule has 0 aliphatic rings. The maximum absolute atomic E-state index is 9.10. The van der Waals surface area contributed by atoms with Gasteiger partial charge in [-0.1, -0.05) is 0 Å². The van der Waals surface area contributed by atoms with Gasteiger partial charge in [0.25, 0.3) is 0 Å². The first-order chi connectivity index (χ1) is 6.29. The van der Waals surface area contributed by atoms with E-state index in [1.807, 2.05) is 0 Å². The molecule has 10 heteroatoms. The number of carboxylic acids is 2. The number of rotatable bonds is 1. The molecular weight excluding hydrogens is 258 g/mol. The number of carbonyl (C=O) groups is 2. The zero-order valence-electron chi connectivity index (χ0n) is 7.42. The van der Waals surface area contributed by atoms with E-state index in [1.54, 1.807) is 0 Å². The van der Waals surface area contributed by atoms with Gasteiger partial charge in [0.15, 0.2) is 0 Å². The van der Waals surface area contributed by atoms with Crippen molar-refractivity contribution in [3.63, 3.8) is 0 Å². The van der Waals surface area contributed by atoms with Crippen LogP contribution in [0.3, 0.4) is 0 Å². The van der Waals surface area contributed by atoms with Crippen molar-refractivity contribution >= 4 is 52.9 Å². The van der Waals surface area contributed by atoms with Crippen LogP contribution in [0.1, 0.15) is 0 Å². The second-order valence-corrected chi connectivity index (χ2v) is 2.44. The fraction of sp³-hybridized carbons (Fsp3) is 0.500. The standard InChI is InChI=1S/C2H4Br.C2H2O4.BH3O3.Li/c1-2-3;3-1(4)2(5)6;2-1(3)4;/h1-2H2;(H,3,4)(H,5,6);2-4H;. The van der Waals surface area contributed by atoms with Crippen LogP contribution in [0.5, 0.6) is 0 Å². The van der Waals surface area contributed by atoms with Gasteiger partial charge in [-0.05, 0) is 0 Å². The van der Waals surface area contributed by atoms with Crippen LogP contribution in [-0.2, 0) is 9.59 Å². The monoisotopic (exact) mass is 266 g/mol. The van der Waals surface area contributed by atoms with Crippen LogP contribution in [0.2, 0.25) is 5.09 Å². The van der Waals surface area contributed by atoms with Gasteiger partial charge in [0, 0.05) is 0 Å². The summed E-state index contributed by atoms with van der Waals surface area (Å²) >= 11 is 5.38. The second-order valence-electron chi connectivity index (χ2n) is 1.65. The van der Waals surface area contributed by atoms with E-state index < -0.39 is 19.3 Å². The third-order valence-electron chi connectivity index (χ3n) is 0.372. The Labute approximate surface area is 98.3 Å². The Morgan fingerprint density at radius 3 is 1.29 bits per heavy atom. The van der Waals surface area contributed by atoms with Crippen molar-refractivity contribution in [3.8, 4) is 0 Å². The van der Waals surface area contributed by atoms with E-state index in [4.69, 9.17) is 34.9 Å². The number of aliphatic carboxylic acids is 2. The van der Waals surface area contributed by atoms with Gasteiger partial charge >= 0.3 is 63.3 Å². The molecule has 0 rings (SSSR count). The van der Waals surface area contributed by atoms with Gasteiger partial charge in [0.1, 0.15) is 0 Å². The second kappa shape index (κ2) is 15.4. The Morgan fingerprint density at radius 2 is 1.29 bits per heavy atom. The summed E-state index contributed by atoms with van der Waals surface area (Å²) in [5.74, 6) is -3.65. The van der Waals surface area contributed by atoms with Gasteiger partial charge in [-0.25, -0.2) is 9.59 Å². The summed E-state index contributed by atoms with van der Waals surface area (Å²) in [6.07, 6.45) is 0. The predicted octanol–water partition coefficient (Wildman–Crippen LogP) is -1.93. The Morgan fingerprint density at radius 1 is 1.14 bits per heavy atom. The summed E-state index contributed by atoms with van der Waals surface area (Å²) in [4.78, 5) is 18.2. The molecular formula is C4H9BBrLiO7. The molecule has 14 heavy (non-hydrogen) atoms. The first-order valence-electron chi connectivity index (χ1n) is 3.35. The summed E-state index contributed by atoms with van der Waals surface area (Å²) in [7, 11) is -2.17.